The van der Waals surface area contributed by atoms with Crippen molar-refractivity contribution in [1.29, 1.82) is 0 Å². The van der Waals surface area contributed by atoms with Crippen LogP contribution < -0.4 is 10.1 Å². The summed E-state index contributed by atoms with van der Waals surface area (Å²) in [5.74, 6) is 0.567. The maximum absolute atomic E-state index is 12.7. The molecule has 1 aliphatic rings. The van der Waals surface area contributed by atoms with Crippen molar-refractivity contribution in [3.63, 3.8) is 0 Å². The number of hydrogen-bond acceptors (Lipinski definition) is 3. The van der Waals surface area contributed by atoms with Crippen LogP contribution in [-0.4, -0.2) is 22.1 Å². The van der Waals surface area contributed by atoms with Crippen LogP contribution in [0.3, 0.4) is 0 Å². The highest BCUT2D eigenvalue weighted by molar-refractivity contribution is 6.02. The third kappa shape index (κ3) is 4.90. The third-order valence-corrected chi connectivity index (χ3v) is 5.67. The number of amides is 1. The van der Waals surface area contributed by atoms with E-state index in [-0.39, 0.29) is 36.5 Å². The molecule has 3 aromatic rings. The predicted octanol–water partition coefficient (Wildman–Crippen LogP) is 6.30. The standard InChI is InChI=1S/C24H23F3N2O3/c1-14(30)2-9-23(31)29-22-13-28-21-8-7-18(12-20(21)22)32-19-10-16(11-19)15-3-5-17(6-4-15)24(25,26)27/h3-8,12-13,16,19,28,30H,1-2,9-11H2,(H,29,31). The first kappa shape index (κ1) is 21.8. The van der Waals surface area contributed by atoms with Gasteiger partial charge in [0.25, 0.3) is 0 Å². The van der Waals surface area contributed by atoms with Crippen LogP contribution in [0.25, 0.3) is 10.9 Å². The summed E-state index contributed by atoms with van der Waals surface area (Å²) >= 11 is 0. The Hall–Kier alpha value is -3.42. The van der Waals surface area contributed by atoms with Gasteiger partial charge in [0.15, 0.2) is 0 Å². The van der Waals surface area contributed by atoms with Crippen LogP contribution in [0.4, 0.5) is 18.9 Å². The average molecular weight is 444 g/mol. The summed E-state index contributed by atoms with van der Waals surface area (Å²) in [7, 11) is 0. The van der Waals surface area contributed by atoms with E-state index < -0.39 is 11.7 Å². The number of fused-ring (bicyclic) bond motifs is 1. The van der Waals surface area contributed by atoms with Gasteiger partial charge in [0.2, 0.25) is 5.91 Å². The van der Waals surface area contributed by atoms with Gasteiger partial charge in [-0.1, -0.05) is 18.7 Å². The number of H-pyrrole nitrogens is 1. The van der Waals surface area contributed by atoms with Crippen molar-refractivity contribution >= 4 is 22.5 Å². The lowest BCUT2D eigenvalue weighted by Crippen LogP contribution is -2.32. The molecule has 0 unspecified atom stereocenters. The molecule has 1 aliphatic carbocycles. The molecule has 3 N–H and O–H groups in total. The summed E-state index contributed by atoms with van der Waals surface area (Å²) in [6, 6.07) is 10.9. The first-order valence-corrected chi connectivity index (χ1v) is 10.3. The lowest BCUT2D eigenvalue weighted by atomic mass is 9.77. The van der Waals surface area contributed by atoms with Gasteiger partial charge in [-0.15, -0.1) is 0 Å². The van der Waals surface area contributed by atoms with Gasteiger partial charge in [0, 0.05) is 29.9 Å². The molecule has 0 saturated heterocycles. The second-order valence-corrected chi connectivity index (χ2v) is 8.05. The van der Waals surface area contributed by atoms with Gasteiger partial charge < -0.3 is 20.1 Å². The van der Waals surface area contributed by atoms with E-state index >= 15 is 0 Å². The van der Waals surface area contributed by atoms with Crippen molar-refractivity contribution in [3.8, 4) is 5.75 Å². The number of aliphatic hydroxyl groups is 1. The summed E-state index contributed by atoms with van der Waals surface area (Å²) in [5.41, 5.74) is 1.71. The number of aromatic amines is 1. The number of aromatic nitrogens is 1. The van der Waals surface area contributed by atoms with Gasteiger partial charge >= 0.3 is 6.18 Å². The number of alkyl halides is 3. The zero-order valence-electron chi connectivity index (χ0n) is 17.2. The van der Waals surface area contributed by atoms with E-state index in [4.69, 9.17) is 9.84 Å². The van der Waals surface area contributed by atoms with Gasteiger partial charge in [0.05, 0.1) is 23.1 Å². The van der Waals surface area contributed by atoms with Crippen molar-refractivity contribution in [1.82, 2.24) is 4.98 Å². The van der Waals surface area contributed by atoms with Crippen LogP contribution in [0.1, 0.15) is 42.7 Å². The molecule has 1 heterocycles. The maximum Gasteiger partial charge on any atom is 0.416 e. The summed E-state index contributed by atoms with van der Waals surface area (Å²) in [4.78, 5) is 15.1. The smallest absolute Gasteiger partial charge is 0.416 e. The molecule has 2 aromatic carbocycles. The normalized spacial score (nSPS) is 18.2. The molecule has 4 rings (SSSR count). The third-order valence-electron chi connectivity index (χ3n) is 5.67. The predicted molar refractivity (Wildman–Crippen MR) is 116 cm³/mol. The number of halogens is 3. The Morgan fingerprint density at radius 3 is 2.53 bits per heavy atom. The topological polar surface area (TPSA) is 74.4 Å². The number of rotatable bonds is 7. The van der Waals surface area contributed by atoms with Crippen LogP contribution in [0.15, 0.2) is 61.0 Å². The van der Waals surface area contributed by atoms with Crippen LogP contribution in [0.2, 0.25) is 0 Å². The van der Waals surface area contributed by atoms with Crippen molar-refractivity contribution in [2.75, 3.05) is 5.32 Å². The average Bonchev–Trinajstić information content (AvgIpc) is 3.10. The summed E-state index contributed by atoms with van der Waals surface area (Å²) in [6.45, 7) is 3.37. The lowest BCUT2D eigenvalue weighted by molar-refractivity contribution is -0.137. The highest BCUT2D eigenvalue weighted by atomic mass is 19.4. The molecule has 8 heteroatoms. The van der Waals surface area contributed by atoms with Gasteiger partial charge in [-0.25, -0.2) is 0 Å². The van der Waals surface area contributed by atoms with Gasteiger partial charge in [0.1, 0.15) is 5.75 Å². The van der Waals surface area contributed by atoms with Crippen LogP contribution in [0.5, 0.6) is 5.75 Å². The van der Waals surface area contributed by atoms with E-state index in [2.05, 4.69) is 16.9 Å². The van der Waals surface area contributed by atoms with E-state index in [9.17, 15) is 18.0 Å². The molecular formula is C24H23F3N2O3. The van der Waals surface area contributed by atoms with Crippen LogP contribution >= 0.6 is 0 Å². The second-order valence-electron chi connectivity index (χ2n) is 8.05. The number of carbonyl (C=O) groups is 1. The van der Waals surface area contributed by atoms with Gasteiger partial charge in [-0.05, 0) is 54.7 Å². The Balaban J connectivity index is 1.36. The van der Waals surface area contributed by atoms with Crippen LogP contribution in [-0.2, 0) is 11.0 Å². The highest BCUT2D eigenvalue weighted by Gasteiger charge is 2.34. The lowest BCUT2D eigenvalue weighted by Gasteiger charge is -2.35. The van der Waals surface area contributed by atoms with E-state index in [1.165, 1.54) is 12.1 Å². The summed E-state index contributed by atoms with van der Waals surface area (Å²) in [5, 5.41) is 12.8. The zero-order chi connectivity index (χ0) is 22.9. The van der Waals surface area contributed by atoms with E-state index in [0.29, 0.717) is 11.4 Å². The van der Waals surface area contributed by atoms with Crippen molar-refractivity contribution in [3.05, 3.63) is 72.1 Å². The fraction of sp³-hybridized carbons (Fsp3) is 0.292. The minimum atomic E-state index is -4.33. The fourth-order valence-corrected chi connectivity index (χ4v) is 3.82. The molecule has 1 aromatic heterocycles. The molecule has 1 saturated carbocycles. The monoisotopic (exact) mass is 444 g/mol. The Morgan fingerprint density at radius 1 is 1.16 bits per heavy atom. The van der Waals surface area contributed by atoms with Crippen molar-refractivity contribution < 1.29 is 27.8 Å². The Kier molecular flexibility index (Phi) is 5.86. The number of benzene rings is 2. The molecule has 0 radical (unpaired) electrons. The SMILES string of the molecule is C=C(O)CCC(=O)Nc1c[nH]c2ccc(OC3CC(c4ccc(C(F)(F)F)cc4)C3)cc12. The van der Waals surface area contributed by atoms with E-state index in [0.717, 1.165) is 41.4 Å². The molecule has 1 fully saturated rings. The number of aliphatic hydroxyl groups excluding tert-OH is 1. The van der Waals surface area contributed by atoms with E-state index in [1.54, 1.807) is 6.20 Å². The minimum Gasteiger partial charge on any atom is -0.513 e. The molecule has 0 aliphatic heterocycles. The number of nitrogens with one attached hydrogen (secondary N) is 2. The number of allylic oxidation sites excluding steroid dienone is 1. The first-order valence-electron chi connectivity index (χ1n) is 10.3. The zero-order valence-corrected chi connectivity index (χ0v) is 17.2. The Labute approximate surface area is 182 Å². The molecular weight excluding hydrogens is 421 g/mol. The number of hydrogen-bond donors (Lipinski definition) is 3. The van der Waals surface area contributed by atoms with Crippen LogP contribution in [0, 0.1) is 0 Å². The molecule has 168 valence electrons. The molecule has 0 atom stereocenters. The van der Waals surface area contributed by atoms with Gasteiger partial charge in [-0.2, -0.15) is 13.2 Å². The molecule has 1 amide bonds. The Bertz CT molecular complexity index is 1130. The summed E-state index contributed by atoms with van der Waals surface area (Å²) < 4.78 is 44.2. The maximum atomic E-state index is 12.7. The van der Waals surface area contributed by atoms with Crippen molar-refractivity contribution in [2.24, 2.45) is 0 Å². The number of ether oxygens (including phenoxy) is 1. The molecule has 32 heavy (non-hydrogen) atoms. The number of anilines is 1. The number of carbonyl (C=O) groups excluding carboxylic acids is 1. The van der Waals surface area contributed by atoms with Crippen molar-refractivity contribution in [2.45, 2.75) is 43.9 Å². The molecule has 0 spiro atoms. The quantitative estimate of drug-likeness (QED) is 0.374. The minimum absolute atomic E-state index is 0.0210. The summed E-state index contributed by atoms with van der Waals surface area (Å²) in [6.07, 6.45) is -0.865. The largest absolute Gasteiger partial charge is 0.513 e. The van der Waals surface area contributed by atoms with E-state index in [1.807, 2.05) is 18.2 Å². The molecule has 0 bridgehead atoms. The fourth-order valence-electron chi connectivity index (χ4n) is 3.82. The van der Waals surface area contributed by atoms with Gasteiger partial charge in [-0.3, -0.25) is 4.79 Å². The molecule has 5 nitrogen and oxygen atoms in total. The second kappa shape index (κ2) is 8.61. The Morgan fingerprint density at radius 2 is 1.88 bits per heavy atom. The first-order chi connectivity index (χ1) is 15.2. The highest BCUT2D eigenvalue weighted by Crippen LogP contribution is 2.41.